The predicted molar refractivity (Wildman–Crippen MR) is 47.0 cm³/mol. The molecular weight excluding hydrogens is 129 g/mol. The summed E-state index contributed by atoms with van der Waals surface area (Å²) in [5.41, 5.74) is 0. The largest absolute Gasteiger partial charge is 0.304 e. The lowest BCUT2D eigenvalue weighted by molar-refractivity contribution is 0.305. The van der Waals surface area contributed by atoms with Gasteiger partial charge in [-0.1, -0.05) is 13.8 Å². The Balaban J connectivity index is 3.09. The molecule has 0 saturated carbocycles. The van der Waals surface area contributed by atoms with E-state index in [-0.39, 0.29) is 0 Å². The van der Waals surface area contributed by atoms with Crippen molar-refractivity contribution in [1.82, 2.24) is 4.90 Å². The predicted octanol–water partition coefficient (Wildman–Crippen LogP) is 1.59. The van der Waals surface area contributed by atoms with E-state index in [0.717, 1.165) is 0 Å². The van der Waals surface area contributed by atoms with Crippen molar-refractivity contribution in [3.05, 3.63) is 0 Å². The van der Waals surface area contributed by atoms with Gasteiger partial charge in [0.25, 0.3) is 0 Å². The van der Waals surface area contributed by atoms with Gasteiger partial charge in [0.1, 0.15) is 0 Å². The first-order chi connectivity index (χ1) is 4.35. The van der Waals surface area contributed by atoms with Gasteiger partial charge < -0.3 is 4.90 Å². The summed E-state index contributed by atoms with van der Waals surface area (Å²) in [6.07, 6.45) is 2.54. The fourth-order valence-electron chi connectivity index (χ4n) is 0.855. The van der Waals surface area contributed by atoms with Crippen LogP contribution < -0.4 is 0 Å². The van der Waals surface area contributed by atoms with Gasteiger partial charge in [-0.05, 0) is 32.2 Å². The van der Waals surface area contributed by atoms with Gasteiger partial charge in [0, 0.05) is 0 Å². The molecule has 0 bridgehead atoms. The molecule has 2 heteroatoms. The summed E-state index contributed by atoms with van der Waals surface area (Å²) in [6.45, 7) is 8.08. The summed E-state index contributed by atoms with van der Waals surface area (Å²) in [6, 6.07) is 0. The highest BCUT2D eigenvalue weighted by molar-refractivity contribution is 7.16. The lowest BCUT2D eigenvalue weighted by Crippen LogP contribution is -2.24. The molecule has 1 unspecified atom stereocenters. The monoisotopic (exact) mass is 147 g/mol. The molecule has 0 heterocycles. The molecule has 1 atom stereocenters. The van der Waals surface area contributed by atoms with Crippen LogP contribution in [0.4, 0.5) is 0 Å². The third-order valence-corrected chi connectivity index (χ3v) is 1.98. The molecule has 0 radical (unpaired) electrons. The van der Waals surface area contributed by atoms with Crippen molar-refractivity contribution in [1.29, 1.82) is 0 Å². The highest BCUT2D eigenvalue weighted by Gasteiger charge is 1.94. The lowest BCUT2D eigenvalue weighted by Gasteiger charge is -2.16. The van der Waals surface area contributed by atoms with Crippen molar-refractivity contribution in [3.63, 3.8) is 0 Å². The molecule has 0 aliphatic heterocycles. The maximum atomic E-state index is 2.76. The molecule has 0 spiro atoms. The van der Waals surface area contributed by atoms with Gasteiger partial charge in [-0.15, -0.1) is 9.24 Å². The van der Waals surface area contributed by atoms with Crippen molar-refractivity contribution in [2.24, 2.45) is 0 Å². The number of hydrogen-bond donors (Lipinski definition) is 0. The van der Waals surface area contributed by atoms with Crippen LogP contribution in [0.3, 0.4) is 0 Å². The molecule has 0 aliphatic rings. The van der Waals surface area contributed by atoms with Gasteiger partial charge in [-0.2, -0.15) is 0 Å². The molecule has 0 N–H and O–H groups in total. The highest BCUT2D eigenvalue weighted by atomic mass is 31.0. The van der Waals surface area contributed by atoms with Crippen LogP contribution >= 0.6 is 9.24 Å². The normalized spacial score (nSPS) is 10.7. The Bertz CT molecular complexity index is 52.9. The molecule has 0 aliphatic carbocycles. The Morgan fingerprint density at radius 1 is 1.22 bits per heavy atom. The van der Waals surface area contributed by atoms with Crippen molar-refractivity contribution >= 4 is 9.24 Å². The topological polar surface area (TPSA) is 3.24 Å². The summed E-state index contributed by atoms with van der Waals surface area (Å²) in [5, 5.41) is 0. The van der Waals surface area contributed by atoms with Gasteiger partial charge in [0.15, 0.2) is 0 Å². The molecular formula is C7H18NP. The van der Waals surface area contributed by atoms with E-state index >= 15 is 0 Å². The summed E-state index contributed by atoms with van der Waals surface area (Å²) in [7, 11) is 2.76. The van der Waals surface area contributed by atoms with E-state index in [9.17, 15) is 0 Å². The Labute approximate surface area is 61.0 Å². The van der Waals surface area contributed by atoms with E-state index in [2.05, 4.69) is 28.0 Å². The summed E-state index contributed by atoms with van der Waals surface area (Å²) < 4.78 is 0. The van der Waals surface area contributed by atoms with Crippen LogP contribution in [-0.2, 0) is 0 Å². The van der Waals surface area contributed by atoms with Gasteiger partial charge in [-0.3, -0.25) is 0 Å². The van der Waals surface area contributed by atoms with Crippen LogP contribution in [0.2, 0.25) is 0 Å². The van der Waals surface area contributed by atoms with Crippen LogP contribution in [0, 0.1) is 0 Å². The molecule has 56 valence electrons. The second-order valence-corrected chi connectivity index (χ2v) is 2.75. The Morgan fingerprint density at radius 3 is 2.11 bits per heavy atom. The molecule has 0 aromatic rings. The van der Waals surface area contributed by atoms with Gasteiger partial charge in [0.05, 0.1) is 0 Å². The van der Waals surface area contributed by atoms with E-state index < -0.39 is 0 Å². The molecule has 0 amide bonds. The van der Waals surface area contributed by atoms with Gasteiger partial charge in [-0.25, -0.2) is 0 Å². The van der Waals surface area contributed by atoms with Crippen molar-refractivity contribution < 1.29 is 0 Å². The number of nitrogens with zero attached hydrogens (tertiary/aromatic N) is 1. The first kappa shape index (κ1) is 9.39. The smallest absolute Gasteiger partial charge is 0.00158 e. The average molecular weight is 147 g/mol. The Morgan fingerprint density at radius 2 is 1.78 bits per heavy atom. The van der Waals surface area contributed by atoms with Crippen molar-refractivity contribution in [3.8, 4) is 0 Å². The van der Waals surface area contributed by atoms with Crippen LogP contribution in [0.5, 0.6) is 0 Å². The van der Waals surface area contributed by atoms with E-state index in [1.54, 1.807) is 0 Å². The summed E-state index contributed by atoms with van der Waals surface area (Å²) in [4.78, 5) is 2.45. The maximum Gasteiger partial charge on any atom is -0.00158 e. The summed E-state index contributed by atoms with van der Waals surface area (Å²) in [5.74, 6) is 0. The van der Waals surface area contributed by atoms with E-state index in [0.29, 0.717) is 0 Å². The molecule has 0 aromatic carbocycles. The number of rotatable bonds is 5. The fourth-order valence-corrected chi connectivity index (χ4v) is 1.04. The third-order valence-electron chi connectivity index (χ3n) is 1.57. The van der Waals surface area contributed by atoms with E-state index in [1.807, 2.05) is 0 Å². The minimum Gasteiger partial charge on any atom is -0.304 e. The van der Waals surface area contributed by atoms with Crippen molar-refractivity contribution in [2.45, 2.75) is 20.3 Å². The molecule has 0 aromatic heterocycles. The fraction of sp³-hybridized carbons (Fsp3) is 1.00. The van der Waals surface area contributed by atoms with Crippen LogP contribution in [-0.4, -0.2) is 30.7 Å². The second kappa shape index (κ2) is 6.51. The Kier molecular flexibility index (Phi) is 6.79. The minimum atomic E-state index is 1.20. The zero-order valence-corrected chi connectivity index (χ0v) is 7.71. The first-order valence-corrected chi connectivity index (χ1v) is 4.59. The van der Waals surface area contributed by atoms with Crippen molar-refractivity contribution in [2.75, 3.05) is 25.8 Å². The first-order valence-electron chi connectivity index (χ1n) is 3.77. The quantitative estimate of drug-likeness (QED) is 0.534. The van der Waals surface area contributed by atoms with Crippen LogP contribution in [0.25, 0.3) is 0 Å². The SMILES string of the molecule is CCN(CC)CCCP. The maximum absolute atomic E-state index is 2.76. The van der Waals surface area contributed by atoms with E-state index in [4.69, 9.17) is 0 Å². The van der Waals surface area contributed by atoms with E-state index in [1.165, 1.54) is 32.2 Å². The van der Waals surface area contributed by atoms with Crippen LogP contribution in [0.1, 0.15) is 20.3 Å². The number of hydrogen-bond acceptors (Lipinski definition) is 1. The second-order valence-electron chi connectivity index (χ2n) is 2.17. The molecule has 0 fully saturated rings. The zero-order chi connectivity index (χ0) is 7.11. The molecule has 0 saturated heterocycles. The van der Waals surface area contributed by atoms with Crippen LogP contribution in [0.15, 0.2) is 0 Å². The molecule has 9 heavy (non-hydrogen) atoms. The highest BCUT2D eigenvalue weighted by Crippen LogP contribution is 1.93. The molecule has 1 nitrogen and oxygen atoms in total. The molecule has 0 rings (SSSR count). The summed E-state index contributed by atoms with van der Waals surface area (Å²) >= 11 is 0. The third kappa shape index (κ3) is 4.87. The van der Waals surface area contributed by atoms with Gasteiger partial charge >= 0.3 is 0 Å². The van der Waals surface area contributed by atoms with Gasteiger partial charge in [0.2, 0.25) is 0 Å². The zero-order valence-electron chi connectivity index (χ0n) is 6.56. The minimum absolute atomic E-state index is 1.20. The lowest BCUT2D eigenvalue weighted by atomic mass is 10.4. The average Bonchev–Trinajstić information content (AvgIpc) is 1.91. The Hall–Kier alpha value is 0.390. The standard InChI is InChI=1S/C7H18NP/c1-3-8(4-2)6-5-7-9/h3-7,9H2,1-2H3.